The van der Waals surface area contributed by atoms with Crippen LogP contribution < -0.4 is 4.72 Å². The second-order valence-corrected chi connectivity index (χ2v) is 6.22. The number of carbonyl (C=O) groups excluding carboxylic acids is 1. The molecule has 0 aromatic rings. The van der Waals surface area contributed by atoms with Gasteiger partial charge in [-0.2, -0.15) is 5.26 Å². The molecule has 1 fully saturated rings. The predicted molar refractivity (Wildman–Crippen MR) is 62.4 cm³/mol. The Morgan fingerprint density at radius 2 is 1.88 bits per heavy atom. The van der Waals surface area contributed by atoms with E-state index in [2.05, 4.69) is 4.72 Å². The maximum atomic E-state index is 11.9. The van der Waals surface area contributed by atoms with E-state index in [0.717, 1.165) is 12.8 Å². The minimum absolute atomic E-state index is 0.226. The zero-order valence-electron chi connectivity index (χ0n) is 10.0. The summed E-state index contributed by atoms with van der Waals surface area (Å²) in [7, 11) is -3.74. The first-order valence-corrected chi connectivity index (χ1v) is 7.12. The highest BCUT2D eigenvalue weighted by atomic mass is 32.2. The number of likely N-dealkylation sites (tertiary alicyclic amines) is 1. The zero-order chi connectivity index (χ0) is 13.1. The van der Waals surface area contributed by atoms with Crippen LogP contribution in [0.25, 0.3) is 0 Å². The summed E-state index contributed by atoms with van der Waals surface area (Å²) >= 11 is 0. The third kappa shape index (κ3) is 3.41. The van der Waals surface area contributed by atoms with Gasteiger partial charge in [0.05, 0.1) is 12.1 Å². The van der Waals surface area contributed by atoms with Gasteiger partial charge >= 0.3 is 0 Å². The van der Waals surface area contributed by atoms with Crippen molar-refractivity contribution >= 4 is 15.9 Å². The van der Waals surface area contributed by atoms with E-state index < -0.39 is 21.3 Å². The third-order valence-corrected chi connectivity index (χ3v) is 4.49. The fraction of sp³-hybridized carbons (Fsp3) is 0.800. The Labute approximate surface area is 102 Å². The van der Waals surface area contributed by atoms with Crippen LogP contribution in [0.15, 0.2) is 0 Å². The lowest BCUT2D eigenvalue weighted by Gasteiger charge is -2.21. The molecule has 0 radical (unpaired) electrons. The van der Waals surface area contributed by atoms with Crippen molar-refractivity contribution in [2.75, 3.05) is 13.1 Å². The molecule has 1 aliphatic rings. The number of rotatable bonds is 4. The highest BCUT2D eigenvalue weighted by Crippen LogP contribution is 2.10. The molecule has 0 aromatic carbocycles. The monoisotopic (exact) mass is 259 g/mol. The minimum Gasteiger partial charge on any atom is -0.341 e. The normalized spacial score (nSPS) is 19.7. The second kappa shape index (κ2) is 5.47. The van der Waals surface area contributed by atoms with Crippen LogP contribution in [0.3, 0.4) is 0 Å². The smallest absolute Gasteiger partial charge is 0.240 e. The summed E-state index contributed by atoms with van der Waals surface area (Å²) in [5.41, 5.74) is 0. The average molecular weight is 259 g/mol. The van der Waals surface area contributed by atoms with E-state index in [1.54, 1.807) is 11.0 Å². The van der Waals surface area contributed by atoms with Crippen molar-refractivity contribution in [3.63, 3.8) is 0 Å². The molecule has 1 aliphatic heterocycles. The van der Waals surface area contributed by atoms with E-state index in [1.807, 2.05) is 0 Å². The first-order valence-electron chi connectivity index (χ1n) is 5.58. The summed E-state index contributed by atoms with van der Waals surface area (Å²) in [6.45, 7) is 4.15. The van der Waals surface area contributed by atoms with Gasteiger partial charge in [0.1, 0.15) is 0 Å². The SMILES string of the molecule is CC(NS(=O)(=O)C(C)C#N)C(=O)N1CCCC1. The number of nitriles is 1. The molecule has 7 heteroatoms. The number of hydrogen-bond acceptors (Lipinski definition) is 4. The van der Waals surface area contributed by atoms with Crippen LogP contribution in [0.5, 0.6) is 0 Å². The molecule has 1 heterocycles. The number of sulfonamides is 1. The first kappa shape index (κ1) is 13.9. The topological polar surface area (TPSA) is 90.3 Å². The lowest BCUT2D eigenvalue weighted by atomic mass is 10.3. The Kier molecular flexibility index (Phi) is 4.48. The largest absolute Gasteiger partial charge is 0.341 e. The third-order valence-electron chi connectivity index (χ3n) is 2.78. The summed E-state index contributed by atoms with van der Waals surface area (Å²) in [4.78, 5) is 13.5. The molecule has 2 unspecified atom stereocenters. The Balaban J connectivity index is 2.63. The average Bonchev–Trinajstić information content (AvgIpc) is 2.79. The Hall–Kier alpha value is -1.13. The van der Waals surface area contributed by atoms with Crippen molar-refractivity contribution in [3.8, 4) is 6.07 Å². The van der Waals surface area contributed by atoms with Crippen molar-refractivity contribution in [1.82, 2.24) is 9.62 Å². The molecule has 1 amide bonds. The summed E-state index contributed by atoms with van der Waals surface area (Å²) in [6.07, 6.45) is 1.92. The van der Waals surface area contributed by atoms with Crippen LogP contribution in [0, 0.1) is 11.3 Å². The molecular weight excluding hydrogens is 242 g/mol. The van der Waals surface area contributed by atoms with Gasteiger partial charge < -0.3 is 4.90 Å². The summed E-state index contributed by atoms with van der Waals surface area (Å²) in [5.74, 6) is -0.226. The van der Waals surface area contributed by atoms with Gasteiger partial charge in [0.15, 0.2) is 5.25 Å². The quantitative estimate of drug-likeness (QED) is 0.759. The minimum atomic E-state index is -3.74. The second-order valence-electron chi connectivity index (χ2n) is 4.19. The Morgan fingerprint density at radius 3 is 2.35 bits per heavy atom. The number of carbonyl (C=O) groups is 1. The van der Waals surface area contributed by atoms with E-state index in [1.165, 1.54) is 13.8 Å². The highest BCUT2D eigenvalue weighted by molar-refractivity contribution is 7.90. The molecule has 17 heavy (non-hydrogen) atoms. The maximum Gasteiger partial charge on any atom is 0.240 e. The number of nitrogens with one attached hydrogen (secondary N) is 1. The van der Waals surface area contributed by atoms with Crippen LogP contribution in [-0.4, -0.2) is 43.6 Å². The number of amides is 1. The van der Waals surface area contributed by atoms with E-state index >= 15 is 0 Å². The maximum absolute atomic E-state index is 11.9. The molecule has 6 nitrogen and oxygen atoms in total. The van der Waals surface area contributed by atoms with E-state index in [0.29, 0.717) is 13.1 Å². The summed E-state index contributed by atoms with van der Waals surface area (Å²) < 4.78 is 25.4. The molecule has 0 saturated carbocycles. The number of nitrogens with zero attached hydrogens (tertiary/aromatic N) is 2. The van der Waals surface area contributed by atoms with Gasteiger partial charge in [-0.15, -0.1) is 0 Å². The fourth-order valence-electron chi connectivity index (χ4n) is 1.68. The van der Waals surface area contributed by atoms with Crippen LogP contribution >= 0.6 is 0 Å². The lowest BCUT2D eigenvalue weighted by molar-refractivity contribution is -0.131. The van der Waals surface area contributed by atoms with Crippen molar-refractivity contribution in [1.29, 1.82) is 5.26 Å². The fourth-order valence-corrected chi connectivity index (χ4v) is 2.62. The van der Waals surface area contributed by atoms with Gasteiger partial charge in [-0.25, -0.2) is 13.1 Å². The highest BCUT2D eigenvalue weighted by Gasteiger charge is 2.29. The molecule has 96 valence electrons. The van der Waals surface area contributed by atoms with Crippen LogP contribution in [0.4, 0.5) is 0 Å². The molecule has 1 saturated heterocycles. The molecule has 0 aromatic heterocycles. The van der Waals surface area contributed by atoms with Crippen molar-refractivity contribution < 1.29 is 13.2 Å². The van der Waals surface area contributed by atoms with E-state index in [4.69, 9.17) is 5.26 Å². The first-order chi connectivity index (χ1) is 7.88. The van der Waals surface area contributed by atoms with Crippen LogP contribution in [0.1, 0.15) is 26.7 Å². The summed E-state index contributed by atoms with van der Waals surface area (Å²) in [5, 5.41) is 7.41. The van der Waals surface area contributed by atoms with Crippen LogP contribution in [-0.2, 0) is 14.8 Å². The number of hydrogen-bond donors (Lipinski definition) is 1. The Morgan fingerprint density at radius 1 is 1.35 bits per heavy atom. The molecular formula is C10H17N3O3S. The van der Waals surface area contributed by atoms with Crippen molar-refractivity contribution in [2.24, 2.45) is 0 Å². The van der Waals surface area contributed by atoms with Crippen LogP contribution in [0.2, 0.25) is 0 Å². The molecule has 1 N–H and O–H groups in total. The van der Waals surface area contributed by atoms with E-state index in [9.17, 15) is 13.2 Å². The van der Waals surface area contributed by atoms with Gasteiger partial charge in [-0.1, -0.05) is 0 Å². The Bertz CT molecular complexity index is 421. The van der Waals surface area contributed by atoms with Crippen molar-refractivity contribution in [3.05, 3.63) is 0 Å². The molecule has 0 aliphatic carbocycles. The molecule has 0 bridgehead atoms. The van der Waals surface area contributed by atoms with Crippen molar-refractivity contribution in [2.45, 2.75) is 38.0 Å². The summed E-state index contributed by atoms with van der Waals surface area (Å²) in [6, 6.07) is 0.832. The zero-order valence-corrected chi connectivity index (χ0v) is 10.8. The molecule has 1 rings (SSSR count). The van der Waals surface area contributed by atoms with Gasteiger partial charge in [-0.3, -0.25) is 4.79 Å². The predicted octanol–water partition coefficient (Wildman–Crippen LogP) is -0.171. The standard InChI is InChI=1S/C10H17N3O3S/c1-8(7-11)17(15,16)12-9(2)10(14)13-5-3-4-6-13/h8-9,12H,3-6H2,1-2H3. The molecule has 2 atom stereocenters. The lowest BCUT2D eigenvalue weighted by Crippen LogP contribution is -2.47. The van der Waals surface area contributed by atoms with Gasteiger partial charge in [0, 0.05) is 13.1 Å². The van der Waals surface area contributed by atoms with Gasteiger partial charge in [0.2, 0.25) is 15.9 Å². The van der Waals surface area contributed by atoms with E-state index in [-0.39, 0.29) is 5.91 Å². The van der Waals surface area contributed by atoms with Gasteiger partial charge in [0.25, 0.3) is 0 Å². The molecule has 0 spiro atoms. The van der Waals surface area contributed by atoms with Gasteiger partial charge in [-0.05, 0) is 26.7 Å².